The first-order valence-electron chi connectivity index (χ1n) is 8.09. The lowest BCUT2D eigenvalue weighted by molar-refractivity contribution is -0.133. The summed E-state index contributed by atoms with van der Waals surface area (Å²) >= 11 is 0. The Balaban J connectivity index is 1.90. The van der Waals surface area contributed by atoms with Crippen LogP contribution in [0, 0.1) is 0 Å². The van der Waals surface area contributed by atoms with Crippen molar-refractivity contribution in [1.82, 2.24) is 9.80 Å². The van der Waals surface area contributed by atoms with Crippen LogP contribution in [0.1, 0.15) is 18.4 Å². The number of carbonyl (C=O) groups excluding carboxylic acids is 1. The zero-order chi connectivity index (χ0) is 16.7. The van der Waals surface area contributed by atoms with Crippen LogP contribution in [-0.4, -0.2) is 62.7 Å². The molecule has 0 atom stereocenters. The average molecular weight is 321 g/mol. The molecule has 0 aromatic heterocycles. The van der Waals surface area contributed by atoms with Crippen molar-refractivity contribution >= 4 is 5.91 Å². The van der Waals surface area contributed by atoms with Gasteiger partial charge in [0, 0.05) is 44.7 Å². The van der Waals surface area contributed by atoms with Crippen LogP contribution in [-0.2, 0) is 11.3 Å². The Hall–Kier alpha value is -1.79. The first-order valence-corrected chi connectivity index (χ1v) is 8.09. The Kier molecular flexibility index (Phi) is 6.67. The summed E-state index contributed by atoms with van der Waals surface area (Å²) in [6.07, 6.45) is 1.32. The first-order chi connectivity index (χ1) is 11.2. The standard InChI is InChI=1S/C17H27N3O3/c1-22-15-5-6-16(23-2)14(12-15)13-19-8-10-20(11-9-19)17(21)4-3-7-18/h5-6,12H,3-4,7-11,13,18H2,1-2H3. The highest BCUT2D eigenvalue weighted by atomic mass is 16.5. The van der Waals surface area contributed by atoms with Crippen molar-refractivity contribution in [3.05, 3.63) is 23.8 Å². The van der Waals surface area contributed by atoms with Gasteiger partial charge in [-0.05, 0) is 31.2 Å². The lowest BCUT2D eigenvalue weighted by Crippen LogP contribution is -2.48. The Bertz CT molecular complexity index is 514. The number of piperazine rings is 1. The molecule has 1 heterocycles. The normalized spacial score (nSPS) is 15.5. The predicted molar refractivity (Wildman–Crippen MR) is 89.7 cm³/mol. The molecule has 1 aliphatic rings. The van der Waals surface area contributed by atoms with Gasteiger partial charge in [0.05, 0.1) is 14.2 Å². The van der Waals surface area contributed by atoms with E-state index in [0.717, 1.165) is 56.2 Å². The Morgan fingerprint density at radius 2 is 1.91 bits per heavy atom. The molecular formula is C17H27N3O3. The quantitative estimate of drug-likeness (QED) is 0.814. The summed E-state index contributed by atoms with van der Waals surface area (Å²) in [7, 11) is 3.34. The van der Waals surface area contributed by atoms with Gasteiger partial charge >= 0.3 is 0 Å². The van der Waals surface area contributed by atoms with Gasteiger partial charge in [-0.2, -0.15) is 0 Å². The lowest BCUT2D eigenvalue weighted by atomic mass is 10.1. The summed E-state index contributed by atoms with van der Waals surface area (Å²) in [5.41, 5.74) is 6.57. The number of methoxy groups -OCH3 is 2. The maximum atomic E-state index is 12.0. The number of benzene rings is 1. The van der Waals surface area contributed by atoms with Crippen LogP contribution < -0.4 is 15.2 Å². The highest BCUT2D eigenvalue weighted by Gasteiger charge is 2.21. The second-order valence-electron chi connectivity index (χ2n) is 5.73. The lowest BCUT2D eigenvalue weighted by Gasteiger charge is -2.35. The van der Waals surface area contributed by atoms with E-state index in [-0.39, 0.29) is 5.91 Å². The average Bonchev–Trinajstić information content (AvgIpc) is 2.60. The van der Waals surface area contributed by atoms with Crippen LogP contribution in [0.5, 0.6) is 11.5 Å². The van der Waals surface area contributed by atoms with Crippen molar-refractivity contribution in [3.8, 4) is 11.5 Å². The number of ether oxygens (including phenoxy) is 2. The Morgan fingerprint density at radius 3 is 2.52 bits per heavy atom. The van der Waals surface area contributed by atoms with Crippen LogP contribution in [0.25, 0.3) is 0 Å². The zero-order valence-electron chi connectivity index (χ0n) is 14.1. The molecular weight excluding hydrogens is 294 g/mol. The summed E-state index contributed by atoms with van der Waals surface area (Å²) in [6.45, 7) is 4.65. The van der Waals surface area contributed by atoms with Gasteiger partial charge in [0.25, 0.3) is 0 Å². The van der Waals surface area contributed by atoms with E-state index in [1.165, 1.54) is 0 Å². The zero-order valence-corrected chi connectivity index (χ0v) is 14.1. The second-order valence-corrected chi connectivity index (χ2v) is 5.73. The summed E-state index contributed by atoms with van der Waals surface area (Å²) in [4.78, 5) is 16.3. The van der Waals surface area contributed by atoms with Gasteiger partial charge in [0.2, 0.25) is 5.91 Å². The van der Waals surface area contributed by atoms with Crippen LogP contribution in [0.15, 0.2) is 18.2 Å². The third-order valence-corrected chi connectivity index (χ3v) is 4.20. The minimum atomic E-state index is 0.217. The molecule has 1 aromatic carbocycles. The monoisotopic (exact) mass is 321 g/mol. The van der Waals surface area contributed by atoms with Crippen molar-refractivity contribution in [3.63, 3.8) is 0 Å². The highest BCUT2D eigenvalue weighted by molar-refractivity contribution is 5.76. The van der Waals surface area contributed by atoms with E-state index in [1.807, 2.05) is 23.1 Å². The molecule has 6 nitrogen and oxygen atoms in total. The minimum Gasteiger partial charge on any atom is -0.497 e. The highest BCUT2D eigenvalue weighted by Crippen LogP contribution is 2.25. The number of amides is 1. The molecule has 1 aliphatic heterocycles. The van der Waals surface area contributed by atoms with Crippen LogP contribution in [0.3, 0.4) is 0 Å². The SMILES string of the molecule is COc1ccc(OC)c(CN2CCN(C(=O)CCCN)CC2)c1. The number of hydrogen-bond donors (Lipinski definition) is 1. The van der Waals surface area contributed by atoms with E-state index < -0.39 is 0 Å². The van der Waals surface area contributed by atoms with Crippen LogP contribution in [0.2, 0.25) is 0 Å². The molecule has 2 rings (SSSR count). The first kappa shape index (κ1) is 17.6. The number of rotatable bonds is 7. The number of carbonyl (C=O) groups is 1. The summed E-state index contributed by atoms with van der Waals surface area (Å²) < 4.78 is 10.7. The molecule has 0 bridgehead atoms. The third-order valence-electron chi connectivity index (χ3n) is 4.20. The third kappa shape index (κ3) is 4.84. The number of hydrogen-bond acceptors (Lipinski definition) is 5. The minimum absolute atomic E-state index is 0.217. The molecule has 0 saturated carbocycles. The maximum absolute atomic E-state index is 12.0. The fourth-order valence-corrected chi connectivity index (χ4v) is 2.81. The second kappa shape index (κ2) is 8.74. The van der Waals surface area contributed by atoms with Crippen LogP contribution >= 0.6 is 0 Å². The van der Waals surface area contributed by atoms with Gasteiger partial charge < -0.3 is 20.1 Å². The maximum Gasteiger partial charge on any atom is 0.222 e. The van der Waals surface area contributed by atoms with E-state index in [9.17, 15) is 4.79 Å². The van der Waals surface area contributed by atoms with E-state index in [4.69, 9.17) is 15.2 Å². The molecule has 1 amide bonds. The van der Waals surface area contributed by atoms with Gasteiger partial charge in [0.15, 0.2) is 0 Å². The number of nitrogens with two attached hydrogens (primary N) is 1. The van der Waals surface area contributed by atoms with Crippen molar-refractivity contribution in [1.29, 1.82) is 0 Å². The summed E-state index contributed by atoms with van der Waals surface area (Å²) in [5.74, 6) is 1.91. The number of nitrogens with zero attached hydrogens (tertiary/aromatic N) is 2. The van der Waals surface area contributed by atoms with Gasteiger partial charge in [-0.15, -0.1) is 0 Å². The predicted octanol–water partition coefficient (Wildman–Crippen LogP) is 1.09. The summed E-state index contributed by atoms with van der Waals surface area (Å²) in [5, 5.41) is 0. The fraction of sp³-hybridized carbons (Fsp3) is 0.588. The molecule has 1 saturated heterocycles. The van der Waals surface area contributed by atoms with E-state index in [0.29, 0.717) is 13.0 Å². The Labute approximate surface area is 138 Å². The molecule has 6 heteroatoms. The smallest absolute Gasteiger partial charge is 0.222 e. The van der Waals surface area contributed by atoms with Crippen molar-refractivity contribution < 1.29 is 14.3 Å². The fourth-order valence-electron chi connectivity index (χ4n) is 2.81. The molecule has 0 aliphatic carbocycles. The van der Waals surface area contributed by atoms with Gasteiger partial charge in [-0.25, -0.2) is 0 Å². The largest absolute Gasteiger partial charge is 0.497 e. The van der Waals surface area contributed by atoms with Crippen LogP contribution in [0.4, 0.5) is 0 Å². The van der Waals surface area contributed by atoms with Gasteiger partial charge in [-0.1, -0.05) is 0 Å². The van der Waals surface area contributed by atoms with Crippen molar-refractivity contribution in [2.75, 3.05) is 46.9 Å². The van der Waals surface area contributed by atoms with Gasteiger partial charge in [-0.3, -0.25) is 9.69 Å². The van der Waals surface area contributed by atoms with Crippen molar-refractivity contribution in [2.24, 2.45) is 5.73 Å². The van der Waals surface area contributed by atoms with Gasteiger partial charge in [0.1, 0.15) is 11.5 Å². The molecule has 0 unspecified atom stereocenters. The summed E-state index contributed by atoms with van der Waals surface area (Å²) in [6, 6.07) is 5.84. The van der Waals surface area contributed by atoms with Crippen molar-refractivity contribution in [2.45, 2.75) is 19.4 Å². The molecule has 0 radical (unpaired) electrons. The molecule has 23 heavy (non-hydrogen) atoms. The molecule has 1 aromatic rings. The van der Waals surface area contributed by atoms with E-state index >= 15 is 0 Å². The van der Waals surface area contributed by atoms with E-state index in [2.05, 4.69) is 4.90 Å². The Morgan fingerprint density at radius 1 is 1.17 bits per heavy atom. The topological polar surface area (TPSA) is 68.0 Å². The molecule has 1 fully saturated rings. The molecule has 2 N–H and O–H groups in total. The molecule has 128 valence electrons. The molecule has 0 spiro atoms. The van der Waals surface area contributed by atoms with E-state index in [1.54, 1.807) is 14.2 Å².